The Hall–Kier alpha value is -4.15. The molecule has 2 aromatic carbocycles. The number of halogens is 1. The van der Waals surface area contributed by atoms with Gasteiger partial charge in [-0.3, -0.25) is 9.59 Å². The van der Waals surface area contributed by atoms with Crippen molar-refractivity contribution >= 4 is 34.9 Å². The Morgan fingerprint density at radius 1 is 1.03 bits per heavy atom. The number of amides is 2. The average Bonchev–Trinajstić information content (AvgIpc) is 3.42. The topological polar surface area (TPSA) is 107 Å². The predicted molar refractivity (Wildman–Crippen MR) is 115 cm³/mol. The maximum atomic E-state index is 12.6. The number of nitrogens with zero attached hydrogens (tertiary/aromatic N) is 2. The van der Waals surface area contributed by atoms with Gasteiger partial charge in [0.1, 0.15) is 23.2 Å². The van der Waals surface area contributed by atoms with Crippen LogP contribution in [-0.4, -0.2) is 17.6 Å². The maximum Gasteiger partial charge on any atom is 0.264 e. The van der Waals surface area contributed by atoms with Gasteiger partial charge in [-0.1, -0.05) is 35.9 Å². The molecule has 3 aromatic rings. The van der Waals surface area contributed by atoms with Crippen LogP contribution in [0.1, 0.15) is 27.2 Å². The minimum absolute atomic E-state index is 0.135. The smallest absolute Gasteiger partial charge is 0.264 e. The molecule has 4 rings (SSSR count). The molecule has 0 saturated carbocycles. The Balaban J connectivity index is 1.64. The molecule has 1 aliphatic rings. The van der Waals surface area contributed by atoms with Crippen molar-refractivity contribution in [2.75, 3.05) is 0 Å². The van der Waals surface area contributed by atoms with Crippen molar-refractivity contribution < 1.29 is 14.0 Å². The second-order valence-corrected chi connectivity index (χ2v) is 7.00. The second-order valence-electron chi connectivity index (χ2n) is 6.56. The van der Waals surface area contributed by atoms with E-state index in [4.69, 9.17) is 16.0 Å². The number of amidine groups is 1. The van der Waals surface area contributed by atoms with Crippen LogP contribution in [0.5, 0.6) is 0 Å². The van der Waals surface area contributed by atoms with Crippen molar-refractivity contribution in [1.82, 2.24) is 10.6 Å². The number of carbonyl (C=O) groups is 2. The van der Waals surface area contributed by atoms with Crippen molar-refractivity contribution in [3.8, 4) is 6.07 Å². The summed E-state index contributed by atoms with van der Waals surface area (Å²) in [7, 11) is 0. The molecule has 0 radical (unpaired) electrons. The minimum Gasteiger partial charge on any atom is -0.467 e. The summed E-state index contributed by atoms with van der Waals surface area (Å²) in [6, 6.07) is 18.8. The lowest BCUT2D eigenvalue weighted by Crippen LogP contribution is -2.30. The molecule has 1 aromatic heterocycles. The molecule has 0 unspecified atom stereocenters. The van der Waals surface area contributed by atoms with E-state index in [2.05, 4.69) is 15.6 Å². The summed E-state index contributed by atoms with van der Waals surface area (Å²) in [6.45, 7) is 0.135. The van der Waals surface area contributed by atoms with Crippen molar-refractivity contribution in [2.24, 2.45) is 4.99 Å². The number of carbonyl (C=O) groups excluding carboxylic acids is 2. The Morgan fingerprint density at radius 3 is 2.45 bits per heavy atom. The molecule has 1 aliphatic heterocycles. The molecular formula is C23H15ClN4O3. The number of benzene rings is 2. The first kappa shape index (κ1) is 20.1. The lowest BCUT2D eigenvalue weighted by atomic mass is 10.0. The van der Waals surface area contributed by atoms with Crippen LogP contribution in [0.3, 0.4) is 0 Å². The number of furan rings is 1. The zero-order valence-corrected chi connectivity index (χ0v) is 16.8. The van der Waals surface area contributed by atoms with E-state index in [0.29, 0.717) is 27.5 Å². The maximum absolute atomic E-state index is 12.6. The van der Waals surface area contributed by atoms with Crippen molar-refractivity contribution in [3.63, 3.8) is 0 Å². The van der Waals surface area contributed by atoms with Crippen molar-refractivity contribution in [3.05, 3.63) is 100.0 Å². The molecule has 7 nitrogen and oxygen atoms in total. The molecule has 0 atom stereocenters. The first-order valence-corrected chi connectivity index (χ1v) is 9.65. The van der Waals surface area contributed by atoms with Crippen LogP contribution in [0, 0.1) is 11.3 Å². The molecule has 0 bridgehead atoms. The monoisotopic (exact) mass is 430 g/mol. The van der Waals surface area contributed by atoms with Crippen LogP contribution < -0.4 is 10.6 Å². The Bertz CT molecular complexity index is 1250. The SMILES string of the molecule is N#C/C(C(=O)NCc1ccco1)=C1/N=C(NC(=O)c2ccc(Cl)cc2)c2ccccc21. The van der Waals surface area contributed by atoms with Crippen molar-refractivity contribution in [2.45, 2.75) is 6.54 Å². The Kier molecular flexibility index (Phi) is 5.65. The van der Waals surface area contributed by atoms with Crippen LogP contribution in [0.2, 0.25) is 5.02 Å². The number of hydrogen-bond acceptors (Lipinski definition) is 5. The number of nitriles is 1. The van der Waals surface area contributed by atoms with Crippen LogP contribution in [-0.2, 0) is 11.3 Å². The average molecular weight is 431 g/mol. The summed E-state index contributed by atoms with van der Waals surface area (Å²) in [5.74, 6) is -0.149. The number of nitrogens with one attached hydrogen (secondary N) is 2. The van der Waals surface area contributed by atoms with Gasteiger partial charge in [0.05, 0.1) is 18.5 Å². The summed E-state index contributed by atoms with van der Waals surface area (Å²) >= 11 is 5.88. The number of aliphatic imine (C=N–C) groups is 1. The van der Waals surface area contributed by atoms with Gasteiger partial charge in [-0.2, -0.15) is 5.26 Å². The predicted octanol–water partition coefficient (Wildman–Crippen LogP) is 3.67. The quantitative estimate of drug-likeness (QED) is 0.486. The standard InChI is InChI=1S/C23H15ClN4O3/c24-15-9-7-14(8-10-15)22(29)28-21-18-6-2-1-5-17(18)20(27-21)19(12-25)23(30)26-13-16-4-3-11-31-16/h1-11H,13H2,(H,26,30)(H,27,28,29)/b20-19-. The summed E-state index contributed by atoms with van der Waals surface area (Å²) in [5.41, 5.74) is 1.64. The van der Waals surface area contributed by atoms with Gasteiger partial charge in [-0.25, -0.2) is 4.99 Å². The Labute approximate surface area is 182 Å². The van der Waals surface area contributed by atoms with Gasteiger partial charge < -0.3 is 15.1 Å². The van der Waals surface area contributed by atoms with E-state index in [1.54, 1.807) is 60.7 Å². The van der Waals surface area contributed by atoms with E-state index < -0.39 is 5.91 Å². The van der Waals surface area contributed by atoms with E-state index in [1.165, 1.54) is 6.26 Å². The highest BCUT2D eigenvalue weighted by Gasteiger charge is 2.27. The molecule has 0 spiro atoms. The van der Waals surface area contributed by atoms with Gasteiger partial charge in [-0.05, 0) is 36.4 Å². The molecule has 2 heterocycles. The molecular weight excluding hydrogens is 416 g/mol. The molecule has 2 amide bonds. The number of rotatable bonds is 4. The highest BCUT2D eigenvalue weighted by Crippen LogP contribution is 2.30. The zero-order valence-electron chi connectivity index (χ0n) is 16.1. The number of fused-ring (bicyclic) bond motifs is 1. The molecule has 31 heavy (non-hydrogen) atoms. The minimum atomic E-state index is -0.585. The van der Waals surface area contributed by atoms with E-state index in [0.717, 1.165) is 0 Å². The van der Waals surface area contributed by atoms with E-state index in [-0.39, 0.29) is 29.6 Å². The van der Waals surface area contributed by atoms with Gasteiger partial charge >= 0.3 is 0 Å². The van der Waals surface area contributed by atoms with Crippen LogP contribution >= 0.6 is 11.6 Å². The summed E-state index contributed by atoms with van der Waals surface area (Å²) in [6.07, 6.45) is 1.50. The second kappa shape index (κ2) is 8.69. The molecule has 2 N–H and O–H groups in total. The van der Waals surface area contributed by atoms with E-state index in [9.17, 15) is 14.9 Å². The normalized spacial score (nSPS) is 13.6. The van der Waals surface area contributed by atoms with E-state index >= 15 is 0 Å². The number of hydrogen-bond donors (Lipinski definition) is 2. The third-order valence-electron chi connectivity index (χ3n) is 4.58. The van der Waals surface area contributed by atoms with Crippen molar-refractivity contribution in [1.29, 1.82) is 5.26 Å². The zero-order chi connectivity index (χ0) is 21.8. The molecule has 8 heteroatoms. The summed E-state index contributed by atoms with van der Waals surface area (Å²) in [4.78, 5) is 29.7. The highest BCUT2D eigenvalue weighted by molar-refractivity contribution is 6.30. The third kappa shape index (κ3) is 4.25. The van der Waals surface area contributed by atoms with E-state index in [1.807, 2.05) is 6.07 Å². The molecule has 0 aliphatic carbocycles. The van der Waals surface area contributed by atoms with Gasteiger partial charge in [0.15, 0.2) is 0 Å². The lowest BCUT2D eigenvalue weighted by Gasteiger charge is -2.06. The lowest BCUT2D eigenvalue weighted by molar-refractivity contribution is -0.117. The van der Waals surface area contributed by atoms with Crippen LogP contribution in [0.15, 0.2) is 81.9 Å². The summed E-state index contributed by atoms with van der Waals surface area (Å²) < 4.78 is 5.19. The fourth-order valence-corrected chi connectivity index (χ4v) is 3.20. The Morgan fingerprint density at radius 2 is 1.77 bits per heavy atom. The van der Waals surface area contributed by atoms with Crippen LogP contribution in [0.4, 0.5) is 0 Å². The van der Waals surface area contributed by atoms with Gasteiger partial charge in [0.2, 0.25) is 0 Å². The first-order valence-electron chi connectivity index (χ1n) is 9.27. The largest absolute Gasteiger partial charge is 0.467 e. The molecule has 0 saturated heterocycles. The van der Waals surface area contributed by atoms with Crippen LogP contribution in [0.25, 0.3) is 5.70 Å². The first-order chi connectivity index (χ1) is 15.1. The van der Waals surface area contributed by atoms with Gasteiger partial charge in [0.25, 0.3) is 11.8 Å². The van der Waals surface area contributed by atoms with Gasteiger partial charge in [0, 0.05) is 21.7 Å². The fourth-order valence-electron chi connectivity index (χ4n) is 3.08. The highest BCUT2D eigenvalue weighted by atomic mass is 35.5. The third-order valence-corrected chi connectivity index (χ3v) is 4.83. The molecule has 0 fully saturated rings. The fraction of sp³-hybridized carbons (Fsp3) is 0.0435. The van der Waals surface area contributed by atoms with Gasteiger partial charge in [-0.15, -0.1) is 0 Å². The summed E-state index contributed by atoms with van der Waals surface area (Å²) in [5, 5.41) is 15.6. The molecule has 152 valence electrons.